The molecule has 5 nitrogen and oxygen atoms in total. The maximum Gasteiger partial charge on any atom is 0.254 e. The van der Waals surface area contributed by atoms with Crippen molar-refractivity contribution < 1.29 is 13.2 Å². The summed E-state index contributed by atoms with van der Waals surface area (Å²) < 4.78 is 27.3. The van der Waals surface area contributed by atoms with Gasteiger partial charge in [0.1, 0.15) is 0 Å². The van der Waals surface area contributed by atoms with E-state index >= 15 is 0 Å². The zero-order chi connectivity index (χ0) is 20.5. The lowest BCUT2D eigenvalue weighted by Gasteiger charge is -2.47. The van der Waals surface area contributed by atoms with Gasteiger partial charge >= 0.3 is 0 Å². The molecule has 6 heteroatoms. The van der Waals surface area contributed by atoms with Gasteiger partial charge in [0.2, 0.25) is 10.0 Å². The maximum absolute atomic E-state index is 13.5. The lowest BCUT2D eigenvalue weighted by Crippen LogP contribution is -2.52. The van der Waals surface area contributed by atoms with Gasteiger partial charge in [0.25, 0.3) is 5.91 Å². The van der Waals surface area contributed by atoms with Crippen molar-refractivity contribution in [2.24, 2.45) is 11.8 Å². The van der Waals surface area contributed by atoms with E-state index < -0.39 is 10.0 Å². The van der Waals surface area contributed by atoms with Crippen molar-refractivity contribution in [2.45, 2.75) is 70.7 Å². The SMILES string of the molecule is CCN(CC)S(=O)(=O)c1ccc(C)c(C(=O)N2CC[C@H](C)[C@@H]3CCCC[C@@H]32)c1. The van der Waals surface area contributed by atoms with Crippen LogP contribution < -0.4 is 0 Å². The lowest BCUT2D eigenvalue weighted by atomic mass is 9.72. The second-order valence-electron chi connectivity index (χ2n) is 8.35. The Morgan fingerprint density at radius 1 is 1.14 bits per heavy atom. The van der Waals surface area contributed by atoms with Gasteiger partial charge < -0.3 is 4.90 Å². The molecule has 0 radical (unpaired) electrons. The molecule has 1 saturated carbocycles. The van der Waals surface area contributed by atoms with E-state index in [1.165, 1.54) is 23.6 Å². The highest BCUT2D eigenvalue weighted by atomic mass is 32.2. The quantitative estimate of drug-likeness (QED) is 0.741. The summed E-state index contributed by atoms with van der Waals surface area (Å²) in [7, 11) is -3.57. The number of fused-ring (bicyclic) bond motifs is 1. The van der Waals surface area contributed by atoms with E-state index in [1.54, 1.807) is 18.2 Å². The van der Waals surface area contributed by atoms with E-state index in [-0.39, 0.29) is 10.8 Å². The van der Waals surface area contributed by atoms with E-state index in [0.717, 1.165) is 24.9 Å². The minimum atomic E-state index is -3.57. The van der Waals surface area contributed by atoms with Crippen LogP contribution in [0.3, 0.4) is 0 Å². The number of likely N-dealkylation sites (tertiary alicyclic amines) is 1. The second-order valence-corrected chi connectivity index (χ2v) is 10.3. The predicted octanol–water partition coefficient (Wildman–Crippen LogP) is 4.07. The maximum atomic E-state index is 13.5. The summed E-state index contributed by atoms with van der Waals surface area (Å²) in [6, 6.07) is 5.30. The Hall–Kier alpha value is -1.40. The first-order chi connectivity index (χ1) is 13.3. The molecule has 1 amide bonds. The van der Waals surface area contributed by atoms with Crippen molar-refractivity contribution in [3.63, 3.8) is 0 Å². The first-order valence-electron chi connectivity index (χ1n) is 10.7. The topological polar surface area (TPSA) is 57.7 Å². The van der Waals surface area contributed by atoms with Gasteiger partial charge in [0.05, 0.1) is 4.90 Å². The van der Waals surface area contributed by atoms with Gasteiger partial charge in [-0.15, -0.1) is 0 Å². The normalized spacial score (nSPS) is 25.6. The summed E-state index contributed by atoms with van der Waals surface area (Å²) in [4.78, 5) is 15.7. The first kappa shape index (κ1) is 21.3. The number of piperidine rings is 1. The molecule has 1 aliphatic carbocycles. The van der Waals surface area contributed by atoms with Crippen LogP contribution in [0.15, 0.2) is 23.1 Å². The van der Waals surface area contributed by atoms with Crippen LogP contribution in [0.5, 0.6) is 0 Å². The summed E-state index contributed by atoms with van der Waals surface area (Å²) in [5.74, 6) is 1.23. The third-order valence-electron chi connectivity index (χ3n) is 6.78. The fraction of sp³-hybridized carbons (Fsp3) is 0.682. The molecule has 2 aliphatic rings. The zero-order valence-corrected chi connectivity index (χ0v) is 18.5. The Kier molecular flexibility index (Phi) is 6.50. The standard InChI is InChI=1S/C22H34N2O3S/c1-5-23(6-2)28(26,27)18-12-11-16(3)20(15-18)22(25)24-14-13-17(4)19-9-7-8-10-21(19)24/h11-12,15,17,19,21H,5-10,13-14H2,1-4H3/t17-,19-,21-/m0/s1. The molecule has 1 heterocycles. The number of benzene rings is 1. The molecule has 1 aromatic carbocycles. The van der Waals surface area contributed by atoms with Crippen LogP contribution in [0.25, 0.3) is 0 Å². The minimum absolute atomic E-state index is 0.00195. The van der Waals surface area contributed by atoms with E-state index in [4.69, 9.17) is 0 Å². The molecule has 0 aromatic heterocycles. The number of carbonyl (C=O) groups is 1. The van der Waals surface area contributed by atoms with E-state index in [0.29, 0.717) is 36.5 Å². The van der Waals surface area contributed by atoms with Crippen LogP contribution in [-0.4, -0.2) is 49.2 Å². The summed E-state index contributed by atoms with van der Waals surface area (Å²) in [6.45, 7) is 9.49. The molecule has 1 aliphatic heterocycles. The van der Waals surface area contributed by atoms with Gasteiger partial charge in [-0.05, 0) is 55.7 Å². The number of carbonyl (C=O) groups excluding carboxylic acids is 1. The molecular formula is C22H34N2O3S. The van der Waals surface area contributed by atoms with Gasteiger partial charge in [-0.3, -0.25) is 4.79 Å². The highest BCUT2D eigenvalue weighted by molar-refractivity contribution is 7.89. The van der Waals surface area contributed by atoms with Crippen molar-refractivity contribution in [3.8, 4) is 0 Å². The average Bonchev–Trinajstić information content (AvgIpc) is 2.69. The van der Waals surface area contributed by atoms with Crippen molar-refractivity contribution >= 4 is 15.9 Å². The highest BCUT2D eigenvalue weighted by Gasteiger charge is 2.40. The Morgan fingerprint density at radius 3 is 2.50 bits per heavy atom. The van der Waals surface area contributed by atoms with Crippen LogP contribution in [0, 0.1) is 18.8 Å². The molecule has 2 fully saturated rings. The van der Waals surface area contributed by atoms with Crippen molar-refractivity contribution in [1.29, 1.82) is 0 Å². The number of sulfonamides is 1. The molecule has 0 spiro atoms. The van der Waals surface area contributed by atoms with Crippen LogP contribution >= 0.6 is 0 Å². The fourth-order valence-corrected chi connectivity index (χ4v) is 6.51. The molecule has 156 valence electrons. The van der Waals surface area contributed by atoms with Gasteiger partial charge in [-0.2, -0.15) is 4.31 Å². The number of nitrogens with zero attached hydrogens (tertiary/aromatic N) is 2. The minimum Gasteiger partial charge on any atom is -0.335 e. The average molecular weight is 407 g/mol. The van der Waals surface area contributed by atoms with Crippen LogP contribution in [0.1, 0.15) is 68.8 Å². The number of hydrogen-bond donors (Lipinski definition) is 0. The molecule has 0 bridgehead atoms. The number of rotatable bonds is 5. The number of hydrogen-bond acceptors (Lipinski definition) is 3. The first-order valence-corrected chi connectivity index (χ1v) is 12.2. The zero-order valence-electron chi connectivity index (χ0n) is 17.6. The van der Waals surface area contributed by atoms with E-state index in [9.17, 15) is 13.2 Å². The summed E-state index contributed by atoms with van der Waals surface area (Å²) in [5.41, 5.74) is 1.38. The third kappa shape index (κ3) is 3.86. The summed E-state index contributed by atoms with van der Waals surface area (Å²) in [5, 5.41) is 0. The predicted molar refractivity (Wildman–Crippen MR) is 112 cm³/mol. The monoisotopic (exact) mass is 406 g/mol. The largest absolute Gasteiger partial charge is 0.335 e. The molecule has 1 aromatic rings. The molecule has 3 rings (SSSR count). The molecule has 0 N–H and O–H groups in total. The molecular weight excluding hydrogens is 372 g/mol. The highest BCUT2D eigenvalue weighted by Crippen LogP contribution is 2.39. The Morgan fingerprint density at radius 2 is 1.82 bits per heavy atom. The number of aryl methyl sites for hydroxylation is 1. The van der Waals surface area contributed by atoms with Gasteiger partial charge in [-0.1, -0.05) is 39.7 Å². The van der Waals surface area contributed by atoms with Crippen molar-refractivity contribution in [3.05, 3.63) is 29.3 Å². The molecule has 28 heavy (non-hydrogen) atoms. The molecule has 1 saturated heterocycles. The Bertz CT molecular complexity index is 817. The second kappa shape index (κ2) is 8.54. The third-order valence-corrected chi connectivity index (χ3v) is 8.83. The lowest BCUT2D eigenvalue weighted by molar-refractivity contribution is 0.0217. The van der Waals surface area contributed by atoms with Gasteiger partial charge in [0, 0.05) is 31.2 Å². The summed E-state index contributed by atoms with van der Waals surface area (Å²) in [6.07, 6.45) is 5.72. The van der Waals surface area contributed by atoms with Crippen LogP contribution in [-0.2, 0) is 10.0 Å². The number of amides is 1. The van der Waals surface area contributed by atoms with Gasteiger partial charge in [-0.25, -0.2) is 8.42 Å². The van der Waals surface area contributed by atoms with Gasteiger partial charge in [0.15, 0.2) is 0 Å². The van der Waals surface area contributed by atoms with Crippen LogP contribution in [0.2, 0.25) is 0 Å². The summed E-state index contributed by atoms with van der Waals surface area (Å²) >= 11 is 0. The Labute approximate surface area is 170 Å². The van der Waals surface area contributed by atoms with E-state index in [2.05, 4.69) is 6.92 Å². The Balaban J connectivity index is 1.94. The fourth-order valence-electron chi connectivity index (χ4n) is 5.02. The molecule has 0 unspecified atom stereocenters. The van der Waals surface area contributed by atoms with Crippen molar-refractivity contribution in [2.75, 3.05) is 19.6 Å². The van der Waals surface area contributed by atoms with Crippen molar-refractivity contribution in [1.82, 2.24) is 9.21 Å². The molecule has 3 atom stereocenters. The van der Waals surface area contributed by atoms with Crippen LogP contribution in [0.4, 0.5) is 0 Å². The smallest absolute Gasteiger partial charge is 0.254 e. The van der Waals surface area contributed by atoms with E-state index in [1.807, 2.05) is 25.7 Å².